The molecule has 3 rings (SSSR count). The Balaban J connectivity index is 1.60. The molecule has 1 aromatic rings. The molecular formula is C19H27N3O3. The Morgan fingerprint density at radius 1 is 1.32 bits per heavy atom. The molecule has 0 spiro atoms. The third kappa shape index (κ3) is 4.06. The summed E-state index contributed by atoms with van der Waals surface area (Å²) in [6.07, 6.45) is 3.50. The molecule has 2 saturated heterocycles. The summed E-state index contributed by atoms with van der Waals surface area (Å²) in [5, 5.41) is 2.97. The first-order valence-electron chi connectivity index (χ1n) is 9.17. The number of carbonyl (C=O) groups excluding carboxylic acids is 2. The third-order valence-corrected chi connectivity index (χ3v) is 4.96. The first-order valence-corrected chi connectivity index (χ1v) is 9.17. The topological polar surface area (TPSA) is 61.9 Å². The van der Waals surface area contributed by atoms with Crippen molar-refractivity contribution in [2.75, 3.05) is 31.6 Å². The maximum atomic E-state index is 12.6. The van der Waals surface area contributed by atoms with E-state index in [-0.39, 0.29) is 18.0 Å². The first kappa shape index (κ1) is 17.6. The van der Waals surface area contributed by atoms with Crippen LogP contribution in [0.25, 0.3) is 0 Å². The Kier molecular flexibility index (Phi) is 5.46. The SMILES string of the molecule is CCOc1ccc(NC(=O)N2CCC[C@@H](N3CCCC3=O)C2)cc1C. The number of carbonyl (C=O) groups is 2. The molecule has 0 aliphatic carbocycles. The average molecular weight is 345 g/mol. The first-order chi connectivity index (χ1) is 12.1. The van der Waals surface area contributed by atoms with Crippen molar-refractivity contribution in [1.82, 2.24) is 9.80 Å². The van der Waals surface area contributed by atoms with Crippen LogP contribution in [0.1, 0.15) is 38.2 Å². The van der Waals surface area contributed by atoms with Crippen LogP contribution in [-0.2, 0) is 4.79 Å². The molecule has 136 valence electrons. The number of benzene rings is 1. The molecule has 0 unspecified atom stereocenters. The quantitative estimate of drug-likeness (QED) is 0.912. The minimum atomic E-state index is -0.0973. The zero-order chi connectivity index (χ0) is 17.8. The second kappa shape index (κ2) is 7.76. The van der Waals surface area contributed by atoms with E-state index in [0.29, 0.717) is 19.6 Å². The molecule has 0 radical (unpaired) electrons. The summed E-state index contributed by atoms with van der Waals surface area (Å²) >= 11 is 0. The van der Waals surface area contributed by atoms with E-state index in [0.717, 1.165) is 49.4 Å². The van der Waals surface area contributed by atoms with Gasteiger partial charge in [-0.3, -0.25) is 4.79 Å². The van der Waals surface area contributed by atoms with E-state index >= 15 is 0 Å². The lowest BCUT2D eigenvalue weighted by Gasteiger charge is -2.37. The van der Waals surface area contributed by atoms with E-state index in [4.69, 9.17) is 4.74 Å². The lowest BCUT2D eigenvalue weighted by Crippen LogP contribution is -2.51. The molecular weight excluding hydrogens is 318 g/mol. The van der Waals surface area contributed by atoms with Gasteiger partial charge in [0.2, 0.25) is 5.91 Å². The number of anilines is 1. The lowest BCUT2D eigenvalue weighted by atomic mass is 10.0. The van der Waals surface area contributed by atoms with Gasteiger partial charge >= 0.3 is 6.03 Å². The van der Waals surface area contributed by atoms with E-state index < -0.39 is 0 Å². The van der Waals surface area contributed by atoms with Gasteiger partial charge in [0.15, 0.2) is 0 Å². The zero-order valence-electron chi connectivity index (χ0n) is 15.1. The monoisotopic (exact) mass is 345 g/mol. The second-order valence-electron chi connectivity index (χ2n) is 6.78. The average Bonchev–Trinajstić information content (AvgIpc) is 3.03. The van der Waals surface area contributed by atoms with Crippen LogP contribution in [0.5, 0.6) is 5.75 Å². The number of piperidine rings is 1. The summed E-state index contributed by atoms with van der Waals surface area (Å²) in [5.74, 6) is 1.07. The fraction of sp³-hybridized carbons (Fsp3) is 0.579. The smallest absolute Gasteiger partial charge is 0.321 e. The Labute approximate surface area is 149 Å². The summed E-state index contributed by atoms with van der Waals surface area (Å²) < 4.78 is 5.53. The van der Waals surface area contributed by atoms with Crippen molar-refractivity contribution >= 4 is 17.6 Å². The number of hydrogen-bond donors (Lipinski definition) is 1. The van der Waals surface area contributed by atoms with Gasteiger partial charge in [0, 0.05) is 37.8 Å². The number of ether oxygens (including phenoxy) is 1. The highest BCUT2D eigenvalue weighted by Gasteiger charge is 2.32. The number of urea groups is 1. The van der Waals surface area contributed by atoms with Crippen LogP contribution >= 0.6 is 0 Å². The van der Waals surface area contributed by atoms with Gasteiger partial charge in [-0.15, -0.1) is 0 Å². The van der Waals surface area contributed by atoms with Crippen LogP contribution < -0.4 is 10.1 Å². The number of hydrogen-bond acceptors (Lipinski definition) is 3. The van der Waals surface area contributed by atoms with Gasteiger partial charge in [0.1, 0.15) is 5.75 Å². The van der Waals surface area contributed by atoms with Crippen LogP contribution in [0.2, 0.25) is 0 Å². The molecule has 6 heteroatoms. The molecule has 2 heterocycles. The zero-order valence-corrected chi connectivity index (χ0v) is 15.1. The molecule has 1 N–H and O–H groups in total. The molecule has 2 fully saturated rings. The predicted molar refractivity (Wildman–Crippen MR) is 96.9 cm³/mol. The standard InChI is InChI=1S/C19H27N3O3/c1-3-25-17-9-8-15(12-14(17)2)20-19(24)21-10-4-6-16(13-21)22-11-5-7-18(22)23/h8-9,12,16H,3-7,10-11,13H2,1-2H3,(H,20,24)/t16-/m1/s1. The molecule has 0 aromatic heterocycles. The Hall–Kier alpha value is -2.24. The Morgan fingerprint density at radius 2 is 2.16 bits per heavy atom. The van der Waals surface area contributed by atoms with Gasteiger partial charge in [0.25, 0.3) is 0 Å². The van der Waals surface area contributed by atoms with E-state index in [1.807, 2.05) is 41.8 Å². The molecule has 1 aromatic carbocycles. The highest BCUT2D eigenvalue weighted by Crippen LogP contribution is 2.24. The van der Waals surface area contributed by atoms with Crippen LogP contribution in [0.15, 0.2) is 18.2 Å². The summed E-state index contributed by atoms with van der Waals surface area (Å²) in [6.45, 7) is 6.73. The van der Waals surface area contributed by atoms with Crippen LogP contribution in [0.3, 0.4) is 0 Å². The highest BCUT2D eigenvalue weighted by atomic mass is 16.5. The number of amides is 3. The maximum absolute atomic E-state index is 12.6. The number of rotatable bonds is 4. The number of nitrogens with one attached hydrogen (secondary N) is 1. The normalized spacial score (nSPS) is 20.7. The molecule has 6 nitrogen and oxygen atoms in total. The second-order valence-corrected chi connectivity index (χ2v) is 6.78. The van der Waals surface area contributed by atoms with E-state index in [1.54, 1.807) is 0 Å². The Bertz CT molecular complexity index is 647. The fourth-order valence-electron chi connectivity index (χ4n) is 3.70. The van der Waals surface area contributed by atoms with Crippen molar-refractivity contribution in [3.8, 4) is 5.75 Å². The number of likely N-dealkylation sites (tertiary alicyclic amines) is 2. The molecule has 2 aliphatic rings. The minimum Gasteiger partial charge on any atom is -0.494 e. The molecule has 2 aliphatic heterocycles. The van der Waals surface area contributed by atoms with E-state index in [1.165, 1.54) is 0 Å². The maximum Gasteiger partial charge on any atom is 0.321 e. The summed E-state index contributed by atoms with van der Waals surface area (Å²) in [4.78, 5) is 28.4. The summed E-state index contributed by atoms with van der Waals surface area (Å²) in [5.41, 5.74) is 1.77. The molecule has 25 heavy (non-hydrogen) atoms. The molecule has 0 bridgehead atoms. The van der Waals surface area contributed by atoms with Gasteiger partial charge in [-0.05, 0) is 56.9 Å². The number of nitrogens with zero attached hydrogens (tertiary/aromatic N) is 2. The fourth-order valence-corrected chi connectivity index (χ4v) is 3.70. The van der Waals surface area contributed by atoms with Crippen molar-refractivity contribution in [2.24, 2.45) is 0 Å². The van der Waals surface area contributed by atoms with Crippen molar-refractivity contribution in [1.29, 1.82) is 0 Å². The van der Waals surface area contributed by atoms with Gasteiger partial charge in [-0.2, -0.15) is 0 Å². The van der Waals surface area contributed by atoms with Gasteiger partial charge in [0.05, 0.1) is 6.61 Å². The summed E-state index contributed by atoms with van der Waals surface area (Å²) in [6, 6.07) is 5.74. The lowest BCUT2D eigenvalue weighted by molar-refractivity contribution is -0.130. The summed E-state index contributed by atoms with van der Waals surface area (Å²) in [7, 11) is 0. The number of aryl methyl sites for hydroxylation is 1. The van der Waals surface area contributed by atoms with Crippen LogP contribution in [0, 0.1) is 6.92 Å². The van der Waals surface area contributed by atoms with Crippen molar-refractivity contribution in [3.05, 3.63) is 23.8 Å². The minimum absolute atomic E-state index is 0.0973. The molecule has 1 atom stereocenters. The van der Waals surface area contributed by atoms with Gasteiger partial charge in [-0.1, -0.05) is 0 Å². The molecule has 3 amide bonds. The highest BCUT2D eigenvalue weighted by molar-refractivity contribution is 5.89. The van der Waals surface area contributed by atoms with Crippen molar-refractivity contribution in [3.63, 3.8) is 0 Å². The van der Waals surface area contributed by atoms with Crippen molar-refractivity contribution < 1.29 is 14.3 Å². The van der Waals surface area contributed by atoms with E-state index in [9.17, 15) is 9.59 Å². The largest absolute Gasteiger partial charge is 0.494 e. The predicted octanol–water partition coefficient (Wildman–Crippen LogP) is 3.01. The van der Waals surface area contributed by atoms with Crippen molar-refractivity contribution in [2.45, 2.75) is 45.6 Å². The molecule has 0 saturated carbocycles. The van der Waals surface area contributed by atoms with E-state index in [2.05, 4.69) is 5.32 Å². The third-order valence-electron chi connectivity index (χ3n) is 4.96. The van der Waals surface area contributed by atoms with Crippen LogP contribution in [-0.4, -0.2) is 54.0 Å². The van der Waals surface area contributed by atoms with Crippen LogP contribution in [0.4, 0.5) is 10.5 Å². The van der Waals surface area contributed by atoms with Gasteiger partial charge < -0.3 is 19.9 Å². The Morgan fingerprint density at radius 3 is 2.84 bits per heavy atom. The van der Waals surface area contributed by atoms with Gasteiger partial charge in [-0.25, -0.2) is 4.79 Å².